The predicted octanol–water partition coefficient (Wildman–Crippen LogP) is 4.42. The van der Waals surface area contributed by atoms with Crippen molar-refractivity contribution in [2.24, 2.45) is 5.92 Å². The number of fused-ring (bicyclic) bond motifs is 1. The van der Waals surface area contributed by atoms with Gasteiger partial charge in [0.2, 0.25) is 11.9 Å². The first-order valence-corrected chi connectivity index (χ1v) is 14.6. The van der Waals surface area contributed by atoms with Crippen LogP contribution >= 0.6 is 0 Å². The van der Waals surface area contributed by atoms with Crippen molar-refractivity contribution in [3.8, 4) is 0 Å². The molecule has 2 aliphatic heterocycles. The van der Waals surface area contributed by atoms with E-state index in [0.717, 1.165) is 17.5 Å². The van der Waals surface area contributed by atoms with Gasteiger partial charge >= 0.3 is 12.3 Å². The number of aromatic nitrogens is 4. The Hall–Kier alpha value is -4.10. The largest absolute Gasteiger partial charge is 0.444 e. The molecule has 5 rings (SSSR count). The zero-order chi connectivity index (χ0) is 32.2. The second-order valence-corrected chi connectivity index (χ2v) is 13.0. The summed E-state index contributed by atoms with van der Waals surface area (Å²) in [5.41, 5.74) is -0.744. The van der Waals surface area contributed by atoms with E-state index in [0.29, 0.717) is 19.6 Å². The summed E-state index contributed by atoms with van der Waals surface area (Å²) in [5, 5.41) is 0. The lowest BCUT2D eigenvalue weighted by Crippen LogP contribution is -2.58. The maximum Gasteiger partial charge on any atom is 0.421 e. The highest BCUT2D eigenvalue weighted by atomic mass is 19.4. The number of halogens is 3. The van der Waals surface area contributed by atoms with E-state index in [1.165, 1.54) is 4.90 Å². The van der Waals surface area contributed by atoms with Crippen molar-refractivity contribution in [2.45, 2.75) is 64.9 Å². The van der Waals surface area contributed by atoms with E-state index in [9.17, 15) is 22.8 Å². The van der Waals surface area contributed by atoms with Gasteiger partial charge in [-0.15, -0.1) is 0 Å². The van der Waals surface area contributed by atoms with E-state index in [1.807, 2.05) is 49.6 Å². The van der Waals surface area contributed by atoms with Crippen LogP contribution in [-0.4, -0.2) is 92.6 Å². The van der Waals surface area contributed by atoms with Gasteiger partial charge in [-0.25, -0.2) is 14.8 Å². The summed E-state index contributed by atoms with van der Waals surface area (Å²) in [4.78, 5) is 45.5. The van der Waals surface area contributed by atoms with Gasteiger partial charge in [0.15, 0.2) is 0 Å². The molecule has 238 valence electrons. The van der Waals surface area contributed by atoms with E-state index in [-0.39, 0.29) is 36.8 Å². The molecule has 2 amide bonds. The number of ether oxygens (including phenoxy) is 1. The number of nitrogens with zero attached hydrogens (tertiary/aromatic N) is 8. The Balaban J connectivity index is 1.30. The first kappa shape index (κ1) is 31.3. The summed E-state index contributed by atoms with van der Waals surface area (Å²) in [6.45, 7) is 12.2. The van der Waals surface area contributed by atoms with Gasteiger partial charge in [-0.3, -0.25) is 4.79 Å². The molecule has 1 atom stereocenters. The second kappa shape index (κ2) is 11.1. The molecule has 0 bridgehead atoms. The molecule has 3 aromatic heterocycles. The molecule has 0 saturated carbocycles. The normalized spacial score (nSPS) is 18.4. The first-order chi connectivity index (χ1) is 20.5. The molecular weight excluding hydrogens is 577 g/mol. The lowest BCUT2D eigenvalue weighted by atomic mass is 9.93. The van der Waals surface area contributed by atoms with Gasteiger partial charge in [-0.05, 0) is 53.7 Å². The fourth-order valence-electron chi connectivity index (χ4n) is 5.60. The van der Waals surface area contributed by atoms with Crippen molar-refractivity contribution in [3.05, 3.63) is 48.0 Å². The summed E-state index contributed by atoms with van der Waals surface area (Å²) in [6.07, 6.45) is -0.694. The number of amides is 2. The number of carbonyl (C=O) groups is 2. The van der Waals surface area contributed by atoms with Gasteiger partial charge in [0.25, 0.3) is 0 Å². The Morgan fingerprint density at radius 1 is 1.00 bits per heavy atom. The molecule has 0 N–H and O–H groups in total. The van der Waals surface area contributed by atoms with Crippen LogP contribution in [0.15, 0.2) is 36.8 Å². The van der Waals surface area contributed by atoms with Crippen molar-refractivity contribution >= 4 is 29.4 Å². The Kier molecular flexibility index (Phi) is 7.91. The minimum absolute atomic E-state index is 0.0912. The molecule has 0 unspecified atom stereocenters. The summed E-state index contributed by atoms with van der Waals surface area (Å²) >= 11 is 0. The monoisotopic (exact) mass is 616 g/mol. The maximum atomic E-state index is 14.1. The van der Waals surface area contributed by atoms with Gasteiger partial charge in [0.05, 0.1) is 23.3 Å². The van der Waals surface area contributed by atoms with Gasteiger partial charge in [0.1, 0.15) is 22.6 Å². The molecule has 2 aliphatic rings. The number of rotatable bonds is 5. The van der Waals surface area contributed by atoms with E-state index in [2.05, 4.69) is 15.0 Å². The highest BCUT2D eigenvalue weighted by molar-refractivity contribution is 5.83. The van der Waals surface area contributed by atoms with Crippen LogP contribution in [0.3, 0.4) is 0 Å². The smallest absolute Gasteiger partial charge is 0.421 e. The average Bonchev–Trinajstić information content (AvgIpc) is 3.35. The topological polar surface area (TPSA) is 99.4 Å². The lowest BCUT2D eigenvalue weighted by molar-refractivity contribution is -0.140. The van der Waals surface area contributed by atoms with E-state index < -0.39 is 34.9 Å². The van der Waals surface area contributed by atoms with E-state index in [4.69, 9.17) is 4.74 Å². The van der Waals surface area contributed by atoms with Crippen molar-refractivity contribution < 1.29 is 27.5 Å². The van der Waals surface area contributed by atoms with E-state index in [1.54, 1.807) is 48.7 Å². The molecule has 3 aromatic rings. The number of hydrogen-bond acceptors (Lipinski definition) is 8. The van der Waals surface area contributed by atoms with Crippen LogP contribution in [0.4, 0.5) is 29.7 Å². The molecule has 14 heteroatoms. The first-order valence-electron chi connectivity index (χ1n) is 14.6. The van der Waals surface area contributed by atoms with Gasteiger partial charge in [-0.1, -0.05) is 6.07 Å². The molecule has 0 aliphatic carbocycles. The van der Waals surface area contributed by atoms with Crippen LogP contribution < -0.4 is 9.80 Å². The number of imidazole rings is 1. The second-order valence-electron chi connectivity index (χ2n) is 13.0. The van der Waals surface area contributed by atoms with Crippen LogP contribution in [0.1, 0.15) is 52.8 Å². The van der Waals surface area contributed by atoms with Crippen LogP contribution in [0.2, 0.25) is 0 Å². The van der Waals surface area contributed by atoms with Crippen molar-refractivity contribution in [1.82, 2.24) is 29.2 Å². The Morgan fingerprint density at radius 3 is 2.34 bits per heavy atom. The molecule has 0 spiro atoms. The van der Waals surface area contributed by atoms with Gasteiger partial charge in [0, 0.05) is 58.2 Å². The fraction of sp³-hybridized carbons (Fsp3) is 0.567. The zero-order valence-corrected chi connectivity index (χ0v) is 26.1. The lowest BCUT2D eigenvalue weighted by Gasteiger charge is -2.45. The third-order valence-electron chi connectivity index (χ3n) is 8.34. The molecule has 2 fully saturated rings. The minimum atomic E-state index is -4.67. The summed E-state index contributed by atoms with van der Waals surface area (Å²) in [6, 6.07) is 5.38. The fourth-order valence-corrected chi connectivity index (χ4v) is 5.60. The molecular formula is C30H39F3N8O3. The number of alkyl halides is 3. The van der Waals surface area contributed by atoms with Crippen LogP contribution in [0, 0.1) is 5.92 Å². The third-order valence-corrected chi connectivity index (χ3v) is 8.34. The predicted molar refractivity (Wildman–Crippen MR) is 158 cm³/mol. The zero-order valence-electron chi connectivity index (χ0n) is 26.1. The molecule has 0 radical (unpaired) electrons. The maximum absolute atomic E-state index is 14.1. The number of pyridine rings is 1. The highest BCUT2D eigenvalue weighted by Gasteiger charge is 2.45. The summed E-state index contributed by atoms with van der Waals surface area (Å²) in [7, 11) is 1.70. The standard InChI is InChI=1S/C30H39F3N8O3/c1-19-16-38(27(43)44-28(2,3)4)12-13-40(19)26-35-14-21(30(31,32)33)24(36-26)39-17-20(18-39)25(42)37(7)29(5,6)22-15-34-23-10-8-9-11-41(22)23/h8-11,14-15,19-20H,12-13,16-18H2,1-7H3/t19-/m0/s1. The molecule has 44 heavy (non-hydrogen) atoms. The summed E-state index contributed by atoms with van der Waals surface area (Å²) < 4.78 is 49.6. The Bertz CT molecular complexity index is 1540. The number of anilines is 2. The van der Waals surface area contributed by atoms with Crippen LogP contribution in [0.5, 0.6) is 0 Å². The number of piperazine rings is 1. The average molecular weight is 617 g/mol. The minimum Gasteiger partial charge on any atom is -0.444 e. The highest BCUT2D eigenvalue weighted by Crippen LogP contribution is 2.39. The quantitative estimate of drug-likeness (QED) is 0.416. The number of hydrogen-bond donors (Lipinski definition) is 0. The molecule has 5 heterocycles. The van der Waals surface area contributed by atoms with Crippen LogP contribution in [-0.2, 0) is 21.2 Å². The molecule has 0 aromatic carbocycles. The Morgan fingerprint density at radius 2 is 1.70 bits per heavy atom. The Labute approximate surface area is 254 Å². The van der Waals surface area contributed by atoms with Crippen molar-refractivity contribution in [1.29, 1.82) is 0 Å². The molecule has 2 saturated heterocycles. The van der Waals surface area contributed by atoms with Crippen molar-refractivity contribution in [3.63, 3.8) is 0 Å². The molecule has 11 nitrogen and oxygen atoms in total. The van der Waals surface area contributed by atoms with Crippen LogP contribution in [0.25, 0.3) is 5.65 Å². The van der Waals surface area contributed by atoms with Gasteiger partial charge < -0.3 is 28.7 Å². The SMILES string of the molecule is C[C@H]1CN(C(=O)OC(C)(C)C)CCN1c1ncc(C(F)(F)F)c(N2CC(C(=O)N(C)C(C)(C)c3cnc4ccccn34)C2)n1. The van der Waals surface area contributed by atoms with E-state index >= 15 is 0 Å². The van der Waals surface area contributed by atoms with Gasteiger partial charge in [-0.2, -0.15) is 18.2 Å². The number of carbonyl (C=O) groups excluding carboxylic acids is 2. The summed E-state index contributed by atoms with van der Waals surface area (Å²) in [5.74, 6) is -0.789. The third kappa shape index (κ3) is 5.98. The van der Waals surface area contributed by atoms with Crippen molar-refractivity contribution in [2.75, 3.05) is 49.6 Å².